The standard InChI is InChI=1S/C8H18ClO4P/c1-3-8(4-2,14(10,11)12)5-6-13-7-9/h3-7H2,1-2H3,(H2,10,11,12). The monoisotopic (exact) mass is 244 g/mol. The van der Waals surface area contributed by atoms with Crippen molar-refractivity contribution in [1.29, 1.82) is 0 Å². The molecule has 14 heavy (non-hydrogen) atoms. The molecule has 0 unspecified atom stereocenters. The summed E-state index contributed by atoms with van der Waals surface area (Å²) in [6.07, 6.45) is 1.23. The van der Waals surface area contributed by atoms with Crippen molar-refractivity contribution in [2.75, 3.05) is 12.7 Å². The summed E-state index contributed by atoms with van der Waals surface area (Å²) in [4.78, 5) is 18.5. The van der Waals surface area contributed by atoms with Crippen molar-refractivity contribution in [2.24, 2.45) is 0 Å². The van der Waals surface area contributed by atoms with E-state index in [0.29, 0.717) is 19.3 Å². The number of hydrogen-bond donors (Lipinski definition) is 2. The molecule has 0 bridgehead atoms. The first-order valence-electron chi connectivity index (χ1n) is 4.63. The number of hydrogen-bond acceptors (Lipinski definition) is 2. The summed E-state index contributed by atoms with van der Waals surface area (Å²) in [6, 6.07) is 0.0602. The van der Waals surface area contributed by atoms with Crippen molar-refractivity contribution < 1.29 is 19.1 Å². The predicted molar refractivity (Wildman–Crippen MR) is 56.6 cm³/mol. The van der Waals surface area contributed by atoms with E-state index in [4.69, 9.17) is 16.3 Å². The van der Waals surface area contributed by atoms with E-state index in [0.717, 1.165) is 0 Å². The number of alkyl halides is 1. The zero-order valence-electron chi connectivity index (χ0n) is 8.57. The third kappa shape index (κ3) is 3.52. The van der Waals surface area contributed by atoms with Gasteiger partial charge in [-0.2, -0.15) is 0 Å². The lowest BCUT2D eigenvalue weighted by molar-refractivity contribution is 0.155. The number of halogens is 1. The highest BCUT2D eigenvalue weighted by molar-refractivity contribution is 7.53. The van der Waals surface area contributed by atoms with E-state index < -0.39 is 12.8 Å². The Morgan fingerprint density at radius 2 is 1.86 bits per heavy atom. The fourth-order valence-electron chi connectivity index (χ4n) is 1.48. The van der Waals surface area contributed by atoms with Crippen LogP contribution in [0.25, 0.3) is 0 Å². The molecule has 0 aromatic carbocycles. The van der Waals surface area contributed by atoms with Crippen LogP contribution < -0.4 is 0 Å². The van der Waals surface area contributed by atoms with E-state index in [2.05, 4.69) is 0 Å². The van der Waals surface area contributed by atoms with Gasteiger partial charge < -0.3 is 14.5 Å². The van der Waals surface area contributed by atoms with Crippen LogP contribution in [0.4, 0.5) is 0 Å². The second-order valence-corrected chi connectivity index (χ2v) is 5.50. The first kappa shape index (κ1) is 14.4. The minimum absolute atomic E-state index is 0.0602. The summed E-state index contributed by atoms with van der Waals surface area (Å²) in [7, 11) is -4.07. The molecule has 0 aliphatic carbocycles. The van der Waals surface area contributed by atoms with Crippen LogP contribution in [0.5, 0.6) is 0 Å². The molecule has 0 aromatic heterocycles. The highest BCUT2D eigenvalue weighted by Gasteiger charge is 2.43. The molecular weight excluding hydrogens is 227 g/mol. The average Bonchev–Trinajstić information content (AvgIpc) is 2.11. The maximum absolute atomic E-state index is 11.3. The molecule has 0 spiro atoms. The first-order chi connectivity index (χ1) is 6.43. The van der Waals surface area contributed by atoms with Gasteiger partial charge in [-0.05, 0) is 19.3 Å². The molecule has 4 nitrogen and oxygen atoms in total. The molecule has 0 rings (SSSR count). The van der Waals surface area contributed by atoms with Gasteiger partial charge in [0.05, 0.1) is 5.16 Å². The summed E-state index contributed by atoms with van der Waals surface area (Å²) in [6.45, 7) is 3.85. The van der Waals surface area contributed by atoms with E-state index in [1.54, 1.807) is 13.8 Å². The van der Waals surface area contributed by atoms with Crippen LogP contribution in [0, 0.1) is 0 Å². The molecule has 0 saturated carbocycles. The van der Waals surface area contributed by atoms with Crippen molar-refractivity contribution in [1.82, 2.24) is 0 Å². The van der Waals surface area contributed by atoms with E-state index in [-0.39, 0.29) is 12.7 Å². The molecular formula is C8H18ClO4P. The van der Waals surface area contributed by atoms with Gasteiger partial charge in [0, 0.05) is 6.61 Å². The first-order valence-corrected chi connectivity index (χ1v) is 6.77. The van der Waals surface area contributed by atoms with Gasteiger partial charge in [0.1, 0.15) is 6.07 Å². The molecule has 0 radical (unpaired) electrons. The van der Waals surface area contributed by atoms with Gasteiger partial charge in [0.25, 0.3) is 0 Å². The predicted octanol–water partition coefficient (Wildman–Crippen LogP) is 2.33. The van der Waals surface area contributed by atoms with Gasteiger partial charge in [0.2, 0.25) is 0 Å². The minimum atomic E-state index is -4.07. The molecule has 0 aliphatic rings. The second kappa shape index (κ2) is 6.09. The van der Waals surface area contributed by atoms with E-state index >= 15 is 0 Å². The Kier molecular flexibility index (Phi) is 6.26. The molecule has 0 heterocycles. The fourth-order valence-corrected chi connectivity index (χ4v) is 2.79. The van der Waals surface area contributed by atoms with Gasteiger partial charge >= 0.3 is 7.60 Å². The Morgan fingerprint density at radius 1 is 1.36 bits per heavy atom. The average molecular weight is 245 g/mol. The van der Waals surface area contributed by atoms with Crippen molar-refractivity contribution in [3.05, 3.63) is 0 Å². The van der Waals surface area contributed by atoms with Crippen LogP contribution in [0.15, 0.2) is 0 Å². The maximum atomic E-state index is 11.3. The number of ether oxygens (including phenoxy) is 1. The molecule has 0 fully saturated rings. The van der Waals surface area contributed by atoms with Crippen LogP contribution >= 0.6 is 19.2 Å². The summed E-state index contributed by atoms with van der Waals surface area (Å²) in [5.41, 5.74) is 0. The lowest BCUT2D eigenvalue weighted by Crippen LogP contribution is -2.29. The van der Waals surface area contributed by atoms with E-state index in [1.165, 1.54) is 0 Å². The second-order valence-electron chi connectivity index (χ2n) is 3.24. The Labute approximate surface area is 89.8 Å². The summed E-state index contributed by atoms with van der Waals surface area (Å²) in [5.74, 6) is 0. The van der Waals surface area contributed by atoms with E-state index in [9.17, 15) is 14.4 Å². The fraction of sp³-hybridized carbons (Fsp3) is 1.00. The van der Waals surface area contributed by atoms with Crippen LogP contribution in [0.3, 0.4) is 0 Å². The molecule has 6 heteroatoms. The van der Waals surface area contributed by atoms with Crippen LogP contribution in [0.2, 0.25) is 0 Å². The zero-order chi connectivity index (χ0) is 11.2. The van der Waals surface area contributed by atoms with Gasteiger partial charge in [0.15, 0.2) is 0 Å². The highest BCUT2D eigenvalue weighted by Crippen LogP contribution is 2.56. The van der Waals surface area contributed by atoms with Crippen LogP contribution in [0.1, 0.15) is 33.1 Å². The molecule has 0 atom stereocenters. The molecule has 0 amide bonds. The van der Waals surface area contributed by atoms with Crippen LogP contribution in [-0.2, 0) is 9.30 Å². The van der Waals surface area contributed by atoms with Gasteiger partial charge in [-0.3, -0.25) is 4.57 Å². The summed E-state index contributed by atoms with van der Waals surface area (Å²) in [5, 5.41) is -0.945. The SMILES string of the molecule is CCC(CC)(CCOCCl)P(=O)(O)O. The van der Waals surface area contributed by atoms with Gasteiger partial charge in [-0.15, -0.1) is 0 Å². The van der Waals surface area contributed by atoms with Crippen LogP contribution in [-0.4, -0.2) is 27.6 Å². The highest BCUT2D eigenvalue weighted by atomic mass is 35.5. The lowest BCUT2D eigenvalue weighted by Gasteiger charge is -2.32. The Hall–Kier alpha value is 0.400. The smallest absolute Gasteiger partial charge is 0.331 e. The van der Waals surface area contributed by atoms with Crippen molar-refractivity contribution in [3.63, 3.8) is 0 Å². The molecule has 86 valence electrons. The topological polar surface area (TPSA) is 66.8 Å². The maximum Gasteiger partial charge on any atom is 0.331 e. The van der Waals surface area contributed by atoms with Gasteiger partial charge in [-0.25, -0.2) is 0 Å². The molecule has 0 aliphatic heterocycles. The third-order valence-electron chi connectivity index (χ3n) is 2.72. The zero-order valence-corrected chi connectivity index (χ0v) is 10.2. The molecule has 2 N–H and O–H groups in total. The minimum Gasteiger partial charge on any atom is -0.366 e. The molecule has 0 saturated heterocycles. The van der Waals surface area contributed by atoms with E-state index in [1.807, 2.05) is 0 Å². The Balaban J connectivity index is 4.47. The lowest BCUT2D eigenvalue weighted by atomic mass is 9.99. The van der Waals surface area contributed by atoms with Crippen molar-refractivity contribution >= 4 is 19.2 Å². The normalized spacial score (nSPS) is 13.2. The van der Waals surface area contributed by atoms with Gasteiger partial charge in [-0.1, -0.05) is 25.4 Å². The van der Waals surface area contributed by atoms with Crippen molar-refractivity contribution in [3.8, 4) is 0 Å². The summed E-state index contributed by atoms with van der Waals surface area (Å²) >= 11 is 5.31. The number of rotatable bonds is 7. The largest absolute Gasteiger partial charge is 0.366 e. The Morgan fingerprint density at radius 3 is 2.14 bits per heavy atom. The quantitative estimate of drug-likeness (QED) is 0.410. The third-order valence-corrected chi connectivity index (χ3v) is 4.97. The summed E-state index contributed by atoms with van der Waals surface area (Å²) < 4.78 is 16.2. The van der Waals surface area contributed by atoms with Crippen molar-refractivity contribution in [2.45, 2.75) is 38.3 Å². The molecule has 0 aromatic rings. The Bertz CT molecular complexity index is 200.